The molecule has 0 aromatic heterocycles. The summed E-state index contributed by atoms with van der Waals surface area (Å²) in [6, 6.07) is 13.6. The van der Waals surface area contributed by atoms with Crippen molar-refractivity contribution in [2.75, 3.05) is 23.5 Å². The molecule has 1 amide bonds. The lowest BCUT2D eigenvalue weighted by Gasteiger charge is -2.26. The van der Waals surface area contributed by atoms with E-state index in [1.807, 2.05) is 6.07 Å². The van der Waals surface area contributed by atoms with E-state index in [2.05, 4.69) is 4.99 Å². The minimum absolute atomic E-state index is 0.00111. The number of thioether (sulfide) groups is 1. The smallest absolute Gasteiger partial charge is 0.279 e. The summed E-state index contributed by atoms with van der Waals surface area (Å²) in [5.74, 6) is 0.214. The number of carbonyl (C=O) groups is 1. The Hall–Kier alpha value is -2.03. The second-order valence-corrected chi connectivity index (χ2v) is 10.3. The van der Waals surface area contributed by atoms with Crippen molar-refractivity contribution >= 4 is 50.0 Å². The van der Waals surface area contributed by atoms with Gasteiger partial charge < -0.3 is 9.64 Å². The first-order valence-corrected chi connectivity index (χ1v) is 11.6. The number of methoxy groups -OCH3 is 1. The number of hydrogen-bond donors (Lipinski definition) is 0. The SMILES string of the molecule is COc1ccc(Cl)cc1N1C(=NC(=O)c2ccccc2)SC2CS(=O)(=O)CC21. The number of anilines is 1. The molecule has 9 heteroatoms. The number of amidine groups is 1. The molecule has 146 valence electrons. The van der Waals surface area contributed by atoms with E-state index in [4.69, 9.17) is 16.3 Å². The quantitative estimate of drug-likeness (QED) is 0.735. The zero-order chi connectivity index (χ0) is 19.9. The lowest BCUT2D eigenvalue weighted by molar-refractivity contribution is 0.100. The number of ether oxygens (including phenoxy) is 1. The van der Waals surface area contributed by atoms with Gasteiger partial charge in [0.1, 0.15) is 5.75 Å². The third-order valence-corrected chi connectivity index (χ3v) is 8.13. The third-order valence-electron chi connectivity index (χ3n) is 4.68. The van der Waals surface area contributed by atoms with Crippen molar-refractivity contribution in [2.45, 2.75) is 11.3 Å². The van der Waals surface area contributed by atoms with E-state index < -0.39 is 9.84 Å². The summed E-state index contributed by atoms with van der Waals surface area (Å²) in [4.78, 5) is 18.7. The van der Waals surface area contributed by atoms with Gasteiger partial charge in [0.2, 0.25) is 0 Å². The van der Waals surface area contributed by atoms with Crippen molar-refractivity contribution in [3.8, 4) is 5.75 Å². The van der Waals surface area contributed by atoms with Gasteiger partial charge in [-0.3, -0.25) is 4.79 Å². The predicted octanol–water partition coefficient (Wildman–Crippen LogP) is 3.26. The average molecular weight is 437 g/mol. The van der Waals surface area contributed by atoms with Crippen molar-refractivity contribution in [3.05, 3.63) is 59.1 Å². The van der Waals surface area contributed by atoms with Crippen LogP contribution in [0.2, 0.25) is 5.02 Å². The van der Waals surface area contributed by atoms with E-state index in [-0.39, 0.29) is 28.7 Å². The van der Waals surface area contributed by atoms with Crippen LogP contribution in [0.15, 0.2) is 53.5 Å². The van der Waals surface area contributed by atoms with Crippen LogP contribution < -0.4 is 9.64 Å². The number of rotatable bonds is 3. The van der Waals surface area contributed by atoms with E-state index in [0.717, 1.165) is 0 Å². The number of benzene rings is 2. The minimum Gasteiger partial charge on any atom is -0.495 e. The van der Waals surface area contributed by atoms with Crippen molar-refractivity contribution < 1.29 is 17.9 Å². The largest absolute Gasteiger partial charge is 0.495 e. The number of fused-ring (bicyclic) bond motifs is 1. The van der Waals surface area contributed by atoms with Crippen molar-refractivity contribution in [1.82, 2.24) is 0 Å². The third kappa shape index (κ3) is 3.64. The topological polar surface area (TPSA) is 76.0 Å². The number of nitrogens with zero attached hydrogens (tertiary/aromatic N) is 2. The first-order chi connectivity index (χ1) is 13.4. The number of hydrogen-bond acceptors (Lipinski definition) is 5. The Bertz CT molecular complexity index is 1060. The van der Waals surface area contributed by atoms with Crippen LogP contribution in [-0.2, 0) is 9.84 Å². The van der Waals surface area contributed by atoms with Gasteiger partial charge >= 0.3 is 0 Å². The van der Waals surface area contributed by atoms with Crippen LogP contribution in [0.1, 0.15) is 10.4 Å². The molecule has 2 aliphatic heterocycles. The van der Waals surface area contributed by atoms with Gasteiger partial charge in [0.15, 0.2) is 15.0 Å². The van der Waals surface area contributed by atoms with Gasteiger partial charge in [-0.15, -0.1) is 0 Å². The Morgan fingerprint density at radius 3 is 2.68 bits per heavy atom. The first kappa shape index (κ1) is 19.3. The predicted molar refractivity (Wildman–Crippen MR) is 113 cm³/mol. The van der Waals surface area contributed by atoms with E-state index in [9.17, 15) is 13.2 Å². The number of sulfone groups is 1. The standard InChI is InChI=1S/C19H17ClN2O4S2/c1-26-16-8-7-13(20)9-14(16)22-15-10-28(24,25)11-17(15)27-19(22)21-18(23)12-5-3-2-4-6-12/h2-9,15,17H,10-11H2,1H3. The maximum Gasteiger partial charge on any atom is 0.279 e. The molecule has 2 unspecified atom stereocenters. The van der Waals surface area contributed by atoms with Crippen molar-refractivity contribution in [3.63, 3.8) is 0 Å². The lowest BCUT2D eigenvalue weighted by Crippen LogP contribution is -2.38. The van der Waals surface area contributed by atoms with E-state index in [0.29, 0.717) is 27.2 Å². The Labute approximate surface area is 172 Å². The molecule has 0 bridgehead atoms. The van der Waals surface area contributed by atoms with Crippen LogP contribution in [0.4, 0.5) is 5.69 Å². The monoisotopic (exact) mass is 436 g/mol. The zero-order valence-electron chi connectivity index (χ0n) is 14.9. The molecule has 28 heavy (non-hydrogen) atoms. The fraction of sp³-hybridized carbons (Fsp3) is 0.263. The zero-order valence-corrected chi connectivity index (χ0v) is 17.3. The van der Waals surface area contributed by atoms with Gasteiger partial charge in [-0.1, -0.05) is 41.6 Å². The van der Waals surface area contributed by atoms with Gasteiger partial charge in [0.25, 0.3) is 5.91 Å². The highest BCUT2D eigenvalue weighted by atomic mass is 35.5. The van der Waals surface area contributed by atoms with Crippen LogP contribution in [0.3, 0.4) is 0 Å². The fourth-order valence-electron chi connectivity index (χ4n) is 3.43. The molecule has 0 radical (unpaired) electrons. The van der Waals surface area contributed by atoms with Crippen LogP contribution >= 0.6 is 23.4 Å². The lowest BCUT2D eigenvalue weighted by atomic mass is 10.2. The van der Waals surface area contributed by atoms with Crippen LogP contribution in [0, 0.1) is 0 Å². The Balaban J connectivity index is 1.79. The van der Waals surface area contributed by atoms with E-state index >= 15 is 0 Å². The summed E-state index contributed by atoms with van der Waals surface area (Å²) in [5, 5.41) is 0.745. The molecule has 2 heterocycles. The minimum atomic E-state index is -3.16. The molecule has 2 aromatic carbocycles. The summed E-state index contributed by atoms with van der Waals surface area (Å²) in [5.41, 5.74) is 1.07. The molecule has 0 saturated carbocycles. The highest BCUT2D eigenvalue weighted by Gasteiger charge is 2.50. The van der Waals surface area contributed by atoms with Gasteiger partial charge in [-0.2, -0.15) is 4.99 Å². The van der Waals surface area contributed by atoms with Crippen molar-refractivity contribution in [1.29, 1.82) is 0 Å². The second-order valence-electron chi connectivity index (χ2n) is 6.55. The molecule has 4 rings (SSSR count). The molecule has 0 aliphatic carbocycles. The highest BCUT2D eigenvalue weighted by molar-refractivity contribution is 8.16. The summed E-state index contributed by atoms with van der Waals surface area (Å²) in [7, 11) is -1.62. The molecule has 2 atom stereocenters. The summed E-state index contributed by atoms with van der Waals surface area (Å²) < 4.78 is 29.8. The molecular weight excluding hydrogens is 420 g/mol. The second kappa shape index (κ2) is 7.42. The molecular formula is C19H17ClN2O4S2. The maximum atomic E-state index is 12.6. The van der Waals surface area contributed by atoms with Gasteiger partial charge in [0, 0.05) is 15.8 Å². The highest BCUT2D eigenvalue weighted by Crippen LogP contribution is 2.44. The van der Waals surface area contributed by atoms with Crippen LogP contribution in [0.5, 0.6) is 5.75 Å². The first-order valence-electron chi connectivity index (χ1n) is 8.56. The summed E-state index contributed by atoms with van der Waals surface area (Å²) >= 11 is 7.50. The normalized spacial score (nSPS) is 24.4. The molecule has 0 spiro atoms. The number of halogens is 1. The number of aliphatic imine (C=N–C) groups is 1. The summed E-state index contributed by atoms with van der Waals surface area (Å²) in [6.45, 7) is 0. The molecule has 2 aromatic rings. The maximum absolute atomic E-state index is 12.6. The number of carbonyl (C=O) groups excluding carboxylic acids is 1. The summed E-state index contributed by atoms with van der Waals surface area (Å²) in [6.07, 6.45) is 0. The van der Waals surface area contributed by atoms with Crippen LogP contribution in [0.25, 0.3) is 0 Å². The van der Waals surface area contributed by atoms with Gasteiger partial charge in [-0.25, -0.2) is 8.42 Å². The molecule has 2 fully saturated rings. The molecule has 2 saturated heterocycles. The molecule has 0 N–H and O–H groups in total. The fourth-order valence-corrected chi connectivity index (χ4v) is 7.50. The van der Waals surface area contributed by atoms with E-state index in [1.165, 1.54) is 18.9 Å². The Kier molecular flexibility index (Phi) is 5.11. The molecule has 2 aliphatic rings. The van der Waals surface area contributed by atoms with Crippen molar-refractivity contribution in [2.24, 2.45) is 4.99 Å². The van der Waals surface area contributed by atoms with Gasteiger partial charge in [0.05, 0.1) is 30.3 Å². The van der Waals surface area contributed by atoms with Crippen LogP contribution in [-0.4, -0.2) is 49.4 Å². The average Bonchev–Trinajstić information content (AvgIpc) is 3.13. The van der Waals surface area contributed by atoms with E-state index in [1.54, 1.807) is 47.4 Å². The Morgan fingerprint density at radius 1 is 1.21 bits per heavy atom. The molecule has 6 nitrogen and oxygen atoms in total. The number of amides is 1. The van der Waals surface area contributed by atoms with Gasteiger partial charge in [-0.05, 0) is 30.3 Å². The Morgan fingerprint density at radius 2 is 1.96 bits per heavy atom.